The maximum absolute atomic E-state index is 12.4. The molecule has 0 aliphatic carbocycles. The molecule has 0 atom stereocenters. The Balaban J connectivity index is 1.67. The minimum absolute atomic E-state index is 0.0742. The van der Waals surface area contributed by atoms with Gasteiger partial charge in [0, 0.05) is 28.8 Å². The number of amides is 1. The quantitative estimate of drug-likeness (QED) is 0.429. The minimum atomic E-state index is -0.0742. The van der Waals surface area contributed by atoms with Gasteiger partial charge in [0.05, 0.1) is 12.8 Å². The smallest absolute Gasteiger partial charge is 0.226 e. The average Bonchev–Trinajstić information content (AvgIpc) is 3.15. The average molecular weight is 429 g/mol. The molecule has 29 heavy (non-hydrogen) atoms. The van der Waals surface area contributed by atoms with Crippen molar-refractivity contribution in [3.05, 3.63) is 46.1 Å². The van der Waals surface area contributed by atoms with Crippen LogP contribution in [0, 0.1) is 20.8 Å². The number of nitrogens with zero attached hydrogens (tertiary/aromatic N) is 3. The number of thiazole rings is 1. The van der Waals surface area contributed by atoms with E-state index in [4.69, 9.17) is 4.74 Å². The van der Waals surface area contributed by atoms with Crippen LogP contribution >= 0.6 is 23.1 Å². The number of carbonyl (C=O) groups excluding carboxylic acids is 1. The molecule has 0 aliphatic heterocycles. The van der Waals surface area contributed by atoms with Gasteiger partial charge in [0.1, 0.15) is 5.75 Å². The molecule has 3 aromatic rings. The molecule has 0 saturated carbocycles. The maximum Gasteiger partial charge on any atom is 0.226 e. The van der Waals surface area contributed by atoms with Crippen LogP contribution in [0.2, 0.25) is 0 Å². The van der Waals surface area contributed by atoms with Crippen molar-refractivity contribution in [2.75, 3.05) is 18.7 Å². The molecule has 2 aromatic heterocycles. The molecule has 2 heterocycles. The molecule has 0 fully saturated rings. The monoisotopic (exact) mass is 428 g/mol. The highest BCUT2D eigenvalue weighted by Crippen LogP contribution is 2.33. The first kappa shape index (κ1) is 21.3. The summed E-state index contributed by atoms with van der Waals surface area (Å²) in [6.45, 7) is 5.95. The molecule has 152 valence electrons. The third-order valence-electron chi connectivity index (χ3n) is 4.57. The van der Waals surface area contributed by atoms with Gasteiger partial charge in [0.2, 0.25) is 5.91 Å². The number of benzene rings is 1. The Morgan fingerprint density at radius 2 is 1.90 bits per heavy atom. The molecular weight excluding hydrogens is 404 g/mol. The van der Waals surface area contributed by atoms with Crippen LogP contribution in [0.15, 0.2) is 28.7 Å². The zero-order valence-corrected chi connectivity index (χ0v) is 18.8. The van der Waals surface area contributed by atoms with Gasteiger partial charge in [0.15, 0.2) is 10.3 Å². The van der Waals surface area contributed by atoms with Gasteiger partial charge in [-0.2, -0.15) is 0 Å². The molecule has 0 aliphatic rings. The second-order valence-corrected chi connectivity index (χ2v) is 8.28. The zero-order chi connectivity index (χ0) is 21.0. The summed E-state index contributed by atoms with van der Waals surface area (Å²) < 4.78 is 5.44. The number of ether oxygens (including phenoxy) is 1. The first-order valence-corrected chi connectivity index (χ1v) is 11.3. The Morgan fingerprint density at radius 3 is 2.55 bits per heavy atom. The summed E-state index contributed by atoms with van der Waals surface area (Å²) in [5.41, 5.74) is 5.72. The van der Waals surface area contributed by atoms with E-state index in [0.717, 1.165) is 44.7 Å². The van der Waals surface area contributed by atoms with Crippen molar-refractivity contribution >= 4 is 34.1 Å². The van der Waals surface area contributed by atoms with Crippen LogP contribution in [0.4, 0.5) is 5.13 Å². The van der Waals surface area contributed by atoms with Crippen LogP contribution in [-0.2, 0) is 11.2 Å². The second-order valence-electron chi connectivity index (χ2n) is 6.65. The van der Waals surface area contributed by atoms with Crippen LogP contribution in [0.5, 0.6) is 5.75 Å². The molecule has 1 amide bonds. The molecular formula is C21H24N4O2S2. The lowest BCUT2D eigenvalue weighted by atomic mass is 10.1. The van der Waals surface area contributed by atoms with Crippen LogP contribution in [0.25, 0.3) is 11.3 Å². The molecule has 6 nitrogen and oxygen atoms in total. The van der Waals surface area contributed by atoms with Crippen LogP contribution < -0.4 is 10.1 Å². The number of aromatic nitrogens is 3. The lowest BCUT2D eigenvalue weighted by Crippen LogP contribution is -2.13. The van der Waals surface area contributed by atoms with E-state index in [9.17, 15) is 4.79 Å². The predicted octanol–water partition coefficient (Wildman–Crippen LogP) is 4.83. The SMILES string of the molecule is COc1ccc(C)cc1-c1csc(NC(=O)CCc2c(C)nc(SC)nc2C)n1. The van der Waals surface area contributed by atoms with Gasteiger partial charge in [-0.25, -0.2) is 15.0 Å². The van der Waals surface area contributed by atoms with E-state index >= 15 is 0 Å². The van der Waals surface area contributed by atoms with Gasteiger partial charge < -0.3 is 10.1 Å². The fourth-order valence-electron chi connectivity index (χ4n) is 3.06. The van der Waals surface area contributed by atoms with E-state index in [1.54, 1.807) is 7.11 Å². The number of aryl methyl sites for hydroxylation is 3. The topological polar surface area (TPSA) is 77.0 Å². The second kappa shape index (κ2) is 9.37. The van der Waals surface area contributed by atoms with Crippen molar-refractivity contribution in [1.82, 2.24) is 15.0 Å². The first-order valence-electron chi connectivity index (χ1n) is 9.19. The third-order valence-corrected chi connectivity index (χ3v) is 5.87. The highest BCUT2D eigenvalue weighted by atomic mass is 32.2. The number of nitrogens with one attached hydrogen (secondary N) is 1. The van der Waals surface area contributed by atoms with E-state index in [-0.39, 0.29) is 5.91 Å². The first-order chi connectivity index (χ1) is 13.9. The Kier molecular flexibility index (Phi) is 6.87. The maximum atomic E-state index is 12.4. The summed E-state index contributed by atoms with van der Waals surface area (Å²) in [7, 11) is 1.64. The number of methoxy groups -OCH3 is 1. The highest BCUT2D eigenvalue weighted by molar-refractivity contribution is 7.98. The van der Waals surface area contributed by atoms with Crippen molar-refractivity contribution in [2.24, 2.45) is 0 Å². The summed E-state index contributed by atoms with van der Waals surface area (Å²) >= 11 is 2.92. The van der Waals surface area contributed by atoms with Crippen molar-refractivity contribution in [2.45, 2.75) is 38.8 Å². The summed E-state index contributed by atoms with van der Waals surface area (Å²) in [4.78, 5) is 25.9. The predicted molar refractivity (Wildman–Crippen MR) is 119 cm³/mol. The summed E-state index contributed by atoms with van der Waals surface area (Å²) in [6.07, 6.45) is 2.91. The van der Waals surface area contributed by atoms with Crippen LogP contribution in [-0.4, -0.2) is 34.2 Å². The van der Waals surface area contributed by atoms with Gasteiger partial charge in [0.25, 0.3) is 0 Å². The Labute approximate surface area is 179 Å². The van der Waals surface area contributed by atoms with Gasteiger partial charge in [-0.1, -0.05) is 23.4 Å². The van der Waals surface area contributed by atoms with Gasteiger partial charge in [-0.3, -0.25) is 4.79 Å². The van der Waals surface area contributed by atoms with Crippen molar-refractivity contribution in [3.63, 3.8) is 0 Å². The Bertz CT molecular complexity index is 1010. The lowest BCUT2D eigenvalue weighted by Gasteiger charge is -2.09. The molecule has 8 heteroatoms. The lowest BCUT2D eigenvalue weighted by molar-refractivity contribution is -0.116. The molecule has 0 bridgehead atoms. The number of carbonyl (C=O) groups is 1. The van der Waals surface area contributed by atoms with Crippen molar-refractivity contribution in [1.29, 1.82) is 0 Å². The van der Waals surface area contributed by atoms with E-state index < -0.39 is 0 Å². The molecule has 1 N–H and O–H groups in total. The molecule has 0 unspecified atom stereocenters. The standard InChI is InChI=1S/C21H24N4O2S2/c1-12-6-8-18(27-4)16(10-12)17-11-29-21(24-17)25-19(26)9-7-15-13(2)22-20(28-5)23-14(15)3/h6,8,10-11H,7,9H2,1-5H3,(H,24,25,26). The molecule has 0 spiro atoms. The summed E-state index contributed by atoms with van der Waals surface area (Å²) in [5.74, 6) is 0.688. The number of anilines is 1. The van der Waals surface area contributed by atoms with Crippen LogP contribution in [0.1, 0.15) is 28.9 Å². The van der Waals surface area contributed by atoms with E-state index in [1.807, 2.05) is 50.6 Å². The van der Waals surface area contributed by atoms with E-state index in [1.165, 1.54) is 23.1 Å². The number of thioether (sulfide) groups is 1. The van der Waals surface area contributed by atoms with Crippen LogP contribution in [0.3, 0.4) is 0 Å². The molecule has 0 radical (unpaired) electrons. The molecule has 1 aromatic carbocycles. The van der Waals surface area contributed by atoms with Gasteiger partial charge in [-0.05, 0) is 51.1 Å². The van der Waals surface area contributed by atoms with Gasteiger partial charge >= 0.3 is 0 Å². The fraction of sp³-hybridized carbons (Fsp3) is 0.333. The number of hydrogen-bond acceptors (Lipinski definition) is 7. The van der Waals surface area contributed by atoms with E-state index in [2.05, 4.69) is 20.3 Å². The fourth-order valence-corrected chi connectivity index (χ4v) is 4.24. The Hall–Kier alpha value is -2.45. The summed E-state index contributed by atoms with van der Waals surface area (Å²) in [6, 6.07) is 5.96. The van der Waals surface area contributed by atoms with Crippen molar-refractivity contribution < 1.29 is 9.53 Å². The Morgan fingerprint density at radius 1 is 1.17 bits per heavy atom. The summed E-state index contributed by atoms with van der Waals surface area (Å²) in [5, 5.41) is 6.16. The largest absolute Gasteiger partial charge is 0.496 e. The third kappa shape index (κ3) is 5.13. The normalized spacial score (nSPS) is 10.8. The number of hydrogen-bond donors (Lipinski definition) is 1. The van der Waals surface area contributed by atoms with Crippen molar-refractivity contribution in [3.8, 4) is 17.0 Å². The zero-order valence-electron chi connectivity index (χ0n) is 17.2. The van der Waals surface area contributed by atoms with Gasteiger partial charge in [-0.15, -0.1) is 11.3 Å². The highest BCUT2D eigenvalue weighted by Gasteiger charge is 2.14. The minimum Gasteiger partial charge on any atom is -0.496 e. The molecule has 3 rings (SSSR count). The van der Waals surface area contributed by atoms with E-state index in [0.29, 0.717) is 18.0 Å². The molecule has 0 saturated heterocycles. The number of rotatable bonds is 7.